The summed E-state index contributed by atoms with van der Waals surface area (Å²) in [6.07, 6.45) is 10.5. The zero-order chi connectivity index (χ0) is 28.4. The average molecular weight is 566 g/mol. The number of nitrogens with zero attached hydrogens (tertiary/aromatic N) is 7. The van der Waals surface area contributed by atoms with Crippen LogP contribution in [0.4, 0.5) is 11.6 Å². The van der Waals surface area contributed by atoms with Gasteiger partial charge >= 0.3 is 0 Å². The van der Waals surface area contributed by atoms with E-state index in [2.05, 4.69) is 56.4 Å². The Bertz CT molecular complexity index is 1910. The molecule has 1 amide bonds. The zero-order valence-electron chi connectivity index (χ0n) is 23.3. The van der Waals surface area contributed by atoms with Crippen LogP contribution in [0.3, 0.4) is 0 Å². The Morgan fingerprint density at radius 2 is 2.02 bits per heavy atom. The van der Waals surface area contributed by atoms with Gasteiger partial charge in [-0.05, 0) is 56.3 Å². The number of hydrogen-bond acceptors (Lipinski definition) is 8. The summed E-state index contributed by atoms with van der Waals surface area (Å²) in [5.41, 5.74) is 3.68. The zero-order valence-corrected chi connectivity index (χ0v) is 23.3. The second-order valence-electron chi connectivity index (χ2n) is 11.2. The average Bonchev–Trinajstić information content (AvgIpc) is 3.47. The lowest BCUT2D eigenvalue weighted by atomic mass is 10.2. The molecule has 1 fully saturated rings. The molecule has 2 bridgehead atoms. The molecule has 8 rings (SSSR count). The van der Waals surface area contributed by atoms with Gasteiger partial charge in [-0.2, -0.15) is 4.98 Å². The Morgan fingerprint density at radius 1 is 1.10 bits per heavy atom. The van der Waals surface area contributed by atoms with Crippen molar-refractivity contribution in [2.75, 3.05) is 32.1 Å². The number of likely N-dealkylation sites (N-methyl/N-ethyl adjacent to an activating group) is 1. The highest BCUT2D eigenvalue weighted by atomic mass is 16.5. The fraction of sp³-hybridized carbons (Fsp3) is 0.333. The number of carbonyl (C=O) groups excluding carboxylic acids is 1. The molecule has 4 aliphatic heterocycles. The molecule has 0 radical (unpaired) electrons. The highest BCUT2D eigenvalue weighted by Gasteiger charge is 2.36. The summed E-state index contributed by atoms with van der Waals surface area (Å²) in [6, 6.07) is 8.53. The highest BCUT2D eigenvalue weighted by molar-refractivity contribution is 5.86. The SMILES string of the molecule is CN1CCn2c(cc3cc(Nc4ncc5c(=O)n6n(c5n4)C4=CC=C5OCC(=O)N(CCC/C=C\C6)C5N4)ccc32)C1. The van der Waals surface area contributed by atoms with Crippen LogP contribution in [0.15, 0.2) is 65.3 Å². The molecule has 0 saturated carbocycles. The first kappa shape index (κ1) is 24.9. The van der Waals surface area contributed by atoms with Gasteiger partial charge in [0.15, 0.2) is 18.4 Å². The highest BCUT2D eigenvalue weighted by Crippen LogP contribution is 2.29. The van der Waals surface area contributed by atoms with E-state index in [0.717, 1.165) is 43.5 Å². The van der Waals surface area contributed by atoms with Crippen LogP contribution in [0.25, 0.3) is 27.8 Å². The van der Waals surface area contributed by atoms with E-state index in [1.165, 1.54) is 11.2 Å². The lowest BCUT2D eigenvalue weighted by Gasteiger charge is -2.40. The molecule has 2 N–H and O–H groups in total. The molecule has 1 aromatic carbocycles. The molecule has 7 heterocycles. The van der Waals surface area contributed by atoms with E-state index in [4.69, 9.17) is 9.72 Å². The standard InChI is InChI=1S/C30H31N9O3/c1-35-12-13-36-21(17-35)15-19-14-20(6-7-23(19)36)32-30-31-16-22-27(34-30)39-25-9-8-24-28(33-25)37(26(40)18-42-24)10-4-2-3-5-11-38(39)29(22)41/h3,5-9,14-16,28,33H,2,4,10-13,17-18H2,1H3,(H,31,32,34)/b5-3-. The monoisotopic (exact) mass is 565 g/mol. The molecule has 0 spiro atoms. The van der Waals surface area contributed by atoms with Crippen molar-refractivity contribution in [2.24, 2.45) is 0 Å². The van der Waals surface area contributed by atoms with Crippen LogP contribution >= 0.6 is 0 Å². The van der Waals surface area contributed by atoms with Gasteiger partial charge in [0.2, 0.25) is 5.95 Å². The number of aromatic nitrogens is 5. The van der Waals surface area contributed by atoms with Crippen LogP contribution in [-0.2, 0) is 29.2 Å². The molecule has 12 heteroatoms. The normalized spacial score (nSPS) is 21.3. The summed E-state index contributed by atoms with van der Waals surface area (Å²) < 4.78 is 11.5. The van der Waals surface area contributed by atoms with Crippen LogP contribution in [0, 0.1) is 0 Å². The van der Waals surface area contributed by atoms with Crippen molar-refractivity contribution in [2.45, 2.75) is 38.6 Å². The molecule has 12 nitrogen and oxygen atoms in total. The number of benzene rings is 1. The number of amides is 1. The van der Waals surface area contributed by atoms with E-state index < -0.39 is 6.17 Å². The Balaban J connectivity index is 1.20. The first-order valence-corrected chi connectivity index (χ1v) is 14.4. The Labute approximate surface area is 241 Å². The number of ether oxygens (including phenoxy) is 1. The minimum Gasteiger partial charge on any atom is -0.484 e. The number of carbonyl (C=O) groups is 1. The van der Waals surface area contributed by atoms with E-state index in [9.17, 15) is 9.59 Å². The van der Waals surface area contributed by atoms with Crippen molar-refractivity contribution >= 4 is 45.3 Å². The van der Waals surface area contributed by atoms with Gasteiger partial charge < -0.3 is 24.8 Å². The fourth-order valence-corrected chi connectivity index (χ4v) is 6.35. The number of rotatable bonds is 2. The second-order valence-corrected chi connectivity index (χ2v) is 11.2. The molecule has 42 heavy (non-hydrogen) atoms. The molecule has 1 unspecified atom stereocenters. The van der Waals surface area contributed by atoms with E-state index in [1.807, 2.05) is 29.2 Å². The van der Waals surface area contributed by atoms with Gasteiger partial charge in [-0.1, -0.05) is 12.2 Å². The molecular formula is C30H31N9O3. The Kier molecular flexibility index (Phi) is 5.71. The largest absolute Gasteiger partial charge is 0.484 e. The van der Waals surface area contributed by atoms with E-state index in [1.54, 1.807) is 15.6 Å². The maximum Gasteiger partial charge on any atom is 0.278 e. The van der Waals surface area contributed by atoms with Crippen LogP contribution in [0.5, 0.6) is 0 Å². The predicted molar refractivity (Wildman–Crippen MR) is 159 cm³/mol. The number of dihydropyridines is 1. The van der Waals surface area contributed by atoms with Gasteiger partial charge in [0.25, 0.3) is 11.5 Å². The Hall–Kier alpha value is -4.84. The smallest absolute Gasteiger partial charge is 0.278 e. The van der Waals surface area contributed by atoms with Gasteiger partial charge in [0.1, 0.15) is 17.0 Å². The summed E-state index contributed by atoms with van der Waals surface area (Å²) in [6.45, 7) is 3.95. The molecule has 4 aliphatic rings. The van der Waals surface area contributed by atoms with Crippen LogP contribution in [0.2, 0.25) is 0 Å². The molecule has 1 atom stereocenters. The number of morpholine rings is 1. The molecule has 3 aromatic heterocycles. The lowest BCUT2D eigenvalue weighted by Crippen LogP contribution is -2.56. The molecule has 1 saturated heterocycles. The minimum atomic E-state index is -0.449. The van der Waals surface area contributed by atoms with Crippen molar-refractivity contribution in [3.8, 4) is 0 Å². The van der Waals surface area contributed by atoms with Crippen LogP contribution in [0.1, 0.15) is 18.5 Å². The number of anilines is 2. The second kappa shape index (κ2) is 9.62. The molecule has 0 aliphatic carbocycles. The maximum absolute atomic E-state index is 13.6. The molecular weight excluding hydrogens is 534 g/mol. The van der Waals surface area contributed by atoms with Crippen molar-refractivity contribution in [3.63, 3.8) is 0 Å². The van der Waals surface area contributed by atoms with Gasteiger partial charge in [-0.25, -0.2) is 14.3 Å². The predicted octanol–water partition coefficient (Wildman–Crippen LogP) is 2.56. The summed E-state index contributed by atoms with van der Waals surface area (Å²) >= 11 is 0. The lowest BCUT2D eigenvalue weighted by molar-refractivity contribution is -0.143. The van der Waals surface area contributed by atoms with Crippen molar-refractivity contribution < 1.29 is 9.53 Å². The minimum absolute atomic E-state index is 0.0251. The van der Waals surface area contributed by atoms with E-state index in [0.29, 0.717) is 41.7 Å². The van der Waals surface area contributed by atoms with Crippen molar-refractivity contribution in [1.29, 1.82) is 0 Å². The van der Waals surface area contributed by atoms with Crippen LogP contribution < -0.4 is 16.2 Å². The summed E-state index contributed by atoms with van der Waals surface area (Å²) in [7, 11) is 2.15. The van der Waals surface area contributed by atoms with Crippen molar-refractivity contribution in [1.82, 2.24) is 39.0 Å². The summed E-state index contributed by atoms with van der Waals surface area (Å²) in [5.74, 6) is 1.63. The van der Waals surface area contributed by atoms with Gasteiger partial charge in [0, 0.05) is 54.7 Å². The van der Waals surface area contributed by atoms with Gasteiger partial charge in [-0.15, -0.1) is 0 Å². The third kappa shape index (κ3) is 4.01. The maximum atomic E-state index is 13.6. The fourth-order valence-electron chi connectivity index (χ4n) is 6.35. The molecule has 214 valence electrons. The third-order valence-corrected chi connectivity index (χ3v) is 8.45. The number of allylic oxidation sites excluding steroid dienone is 4. The van der Waals surface area contributed by atoms with Crippen molar-refractivity contribution in [3.05, 3.63) is 76.6 Å². The van der Waals surface area contributed by atoms with Gasteiger partial charge in [-0.3, -0.25) is 14.5 Å². The summed E-state index contributed by atoms with van der Waals surface area (Å²) in [5, 5.41) is 8.37. The first-order chi connectivity index (χ1) is 20.5. The van der Waals surface area contributed by atoms with E-state index in [-0.39, 0.29) is 18.1 Å². The Morgan fingerprint density at radius 3 is 2.95 bits per heavy atom. The number of nitrogens with one attached hydrogen (secondary N) is 2. The number of hydrogen-bond donors (Lipinski definition) is 2. The quantitative estimate of drug-likeness (QED) is 0.357. The number of fused-ring (bicyclic) bond motifs is 8. The molecule has 4 aromatic rings. The summed E-state index contributed by atoms with van der Waals surface area (Å²) in [4.78, 5) is 39.8. The topological polar surface area (TPSA) is 114 Å². The van der Waals surface area contributed by atoms with E-state index >= 15 is 0 Å². The van der Waals surface area contributed by atoms with Gasteiger partial charge in [0.05, 0.1) is 6.54 Å². The van der Waals surface area contributed by atoms with Crippen LogP contribution in [-0.4, -0.2) is 72.5 Å². The third-order valence-electron chi connectivity index (χ3n) is 8.45. The first-order valence-electron chi connectivity index (χ1n) is 14.4.